The zero-order valence-electron chi connectivity index (χ0n) is 17.7. The van der Waals surface area contributed by atoms with Gasteiger partial charge < -0.3 is 15.2 Å². The molecule has 2 aliphatic rings. The van der Waals surface area contributed by atoms with Gasteiger partial charge in [0, 0.05) is 10.9 Å². The molecule has 10 heteroatoms. The second-order valence-electron chi connectivity index (χ2n) is 8.24. The third-order valence-electron chi connectivity index (χ3n) is 4.57. The fraction of sp³-hybridized carbons (Fsp3) is 0.429. The first-order valence-corrected chi connectivity index (χ1v) is 10.7. The molecule has 0 bridgehead atoms. The zero-order valence-corrected chi connectivity index (χ0v) is 18.5. The molecule has 0 saturated carbocycles. The summed E-state index contributed by atoms with van der Waals surface area (Å²) >= 11 is 1.39. The van der Waals surface area contributed by atoms with Crippen molar-refractivity contribution in [2.45, 2.75) is 50.0 Å². The molecular weight excluding hydrogens is 422 g/mol. The lowest BCUT2D eigenvalue weighted by atomic mass is 10.0. The number of nitrogens with one attached hydrogen (secondary N) is 1. The standard InChI is InChI=1S/C21H25N3O6S/c1-12-10-14(19(27)28)24-17(26)16(18(24)31-12)22-15(25)11-23(13-8-6-5-7-9-13)20(29)30-21(2,3)4/h5-10,12,16,18H,11H2,1-4H3,(H,22,25)(H,27,28)/t12?,16?,18-/m0/s1. The number of anilines is 1. The summed E-state index contributed by atoms with van der Waals surface area (Å²) < 4.78 is 5.42. The van der Waals surface area contributed by atoms with Crippen LogP contribution in [0.3, 0.4) is 0 Å². The van der Waals surface area contributed by atoms with Gasteiger partial charge in [-0.3, -0.25) is 19.4 Å². The van der Waals surface area contributed by atoms with Crippen LogP contribution < -0.4 is 10.2 Å². The van der Waals surface area contributed by atoms with E-state index in [1.807, 2.05) is 6.92 Å². The Bertz CT molecular complexity index is 927. The molecule has 3 amide bonds. The highest BCUT2D eigenvalue weighted by molar-refractivity contribution is 8.00. The van der Waals surface area contributed by atoms with Crippen molar-refractivity contribution in [3.8, 4) is 0 Å². The van der Waals surface area contributed by atoms with E-state index in [1.165, 1.54) is 27.6 Å². The Balaban J connectivity index is 1.72. The average molecular weight is 448 g/mol. The molecule has 2 unspecified atom stereocenters. The van der Waals surface area contributed by atoms with Crippen LogP contribution in [0.5, 0.6) is 0 Å². The Morgan fingerprint density at radius 3 is 2.45 bits per heavy atom. The minimum Gasteiger partial charge on any atom is -0.477 e. The van der Waals surface area contributed by atoms with E-state index in [-0.39, 0.29) is 17.5 Å². The fourth-order valence-electron chi connectivity index (χ4n) is 3.28. The van der Waals surface area contributed by atoms with Crippen LogP contribution in [0.25, 0.3) is 0 Å². The van der Waals surface area contributed by atoms with E-state index in [4.69, 9.17) is 4.74 Å². The SMILES string of the molecule is CC1C=C(C(=O)O)N2C(=O)C(NC(=O)CN(C(=O)OC(C)(C)C)c3ccccc3)[C@@H]2S1. The molecule has 0 aromatic heterocycles. The number of β-lactam (4-membered cyclic amide) rings is 1. The first kappa shape index (κ1) is 22.7. The molecule has 0 radical (unpaired) electrons. The number of aliphatic carboxylic acids is 1. The van der Waals surface area contributed by atoms with Gasteiger partial charge in [0.25, 0.3) is 5.91 Å². The molecule has 3 rings (SSSR count). The highest BCUT2D eigenvalue weighted by Crippen LogP contribution is 2.40. The number of rotatable bonds is 5. The Kier molecular flexibility index (Phi) is 6.30. The quantitative estimate of drug-likeness (QED) is 0.665. The molecular formula is C21H25N3O6S. The Labute approximate surface area is 184 Å². The summed E-state index contributed by atoms with van der Waals surface area (Å²) in [6.07, 6.45) is 0.825. The number of fused-ring (bicyclic) bond motifs is 1. The van der Waals surface area contributed by atoms with Gasteiger partial charge in [0.15, 0.2) is 0 Å². The number of benzene rings is 1. The van der Waals surface area contributed by atoms with E-state index in [1.54, 1.807) is 51.1 Å². The van der Waals surface area contributed by atoms with Crippen molar-refractivity contribution in [2.75, 3.05) is 11.4 Å². The normalized spacial score (nSPS) is 22.6. The molecule has 166 valence electrons. The average Bonchev–Trinajstić information content (AvgIpc) is 2.68. The minimum atomic E-state index is -1.18. The van der Waals surface area contributed by atoms with E-state index in [9.17, 15) is 24.3 Å². The Morgan fingerprint density at radius 1 is 1.23 bits per heavy atom. The molecule has 0 aliphatic carbocycles. The fourth-order valence-corrected chi connectivity index (χ4v) is 4.61. The van der Waals surface area contributed by atoms with Crippen LogP contribution in [0.2, 0.25) is 0 Å². The number of carboxylic acid groups (broad SMARTS) is 1. The number of para-hydroxylation sites is 1. The summed E-state index contributed by atoms with van der Waals surface area (Å²) in [6, 6.07) is 7.74. The van der Waals surface area contributed by atoms with E-state index in [2.05, 4.69) is 5.32 Å². The molecule has 2 N–H and O–H groups in total. The summed E-state index contributed by atoms with van der Waals surface area (Å²) in [5, 5.41) is 11.4. The van der Waals surface area contributed by atoms with E-state index in [0.29, 0.717) is 5.69 Å². The molecule has 1 saturated heterocycles. The maximum atomic E-state index is 12.7. The van der Waals surface area contributed by atoms with Crippen LogP contribution >= 0.6 is 11.8 Å². The van der Waals surface area contributed by atoms with Crippen LogP contribution in [0.15, 0.2) is 42.1 Å². The number of hydrogen-bond acceptors (Lipinski definition) is 6. The van der Waals surface area contributed by atoms with Crippen molar-refractivity contribution in [1.29, 1.82) is 0 Å². The summed E-state index contributed by atoms with van der Waals surface area (Å²) in [7, 11) is 0. The predicted octanol–water partition coefficient (Wildman–Crippen LogP) is 2.19. The number of carbonyl (C=O) groups excluding carboxylic acids is 3. The highest BCUT2D eigenvalue weighted by atomic mass is 32.2. The number of thioether (sulfide) groups is 1. The first-order chi connectivity index (χ1) is 14.5. The Hall–Kier alpha value is -3.01. The number of hydrogen-bond donors (Lipinski definition) is 2. The molecule has 2 heterocycles. The van der Waals surface area contributed by atoms with Crippen molar-refractivity contribution in [3.63, 3.8) is 0 Å². The largest absolute Gasteiger partial charge is 0.477 e. The maximum absolute atomic E-state index is 12.7. The number of amides is 3. The molecule has 3 atom stereocenters. The summed E-state index contributed by atoms with van der Waals surface area (Å²) in [5.41, 5.74) is -0.351. The highest BCUT2D eigenvalue weighted by Gasteiger charge is 2.53. The van der Waals surface area contributed by atoms with Crippen molar-refractivity contribution < 1.29 is 29.0 Å². The zero-order chi connectivity index (χ0) is 22.9. The molecule has 1 fully saturated rings. The van der Waals surface area contributed by atoms with Gasteiger partial charge in [0.05, 0.1) is 0 Å². The van der Waals surface area contributed by atoms with Gasteiger partial charge in [0.1, 0.15) is 29.3 Å². The van der Waals surface area contributed by atoms with Gasteiger partial charge in [-0.2, -0.15) is 0 Å². The number of nitrogens with zero attached hydrogens (tertiary/aromatic N) is 2. The van der Waals surface area contributed by atoms with Gasteiger partial charge >= 0.3 is 12.1 Å². The van der Waals surface area contributed by atoms with E-state index >= 15 is 0 Å². The summed E-state index contributed by atoms with van der Waals surface area (Å²) in [6.45, 7) is 6.66. The lowest BCUT2D eigenvalue weighted by Gasteiger charge is -2.49. The van der Waals surface area contributed by atoms with Gasteiger partial charge in [-0.25, -0.2) is 9.59 Å². The van der Waals surface area contributed by atoms with Gasteiger partial charge in [-0.1, -0.05) is 18.2 Å². The van der Waals surface area contributed by atoms with Crippen molar-refractivity contribution in [2.24, 2.45) is 0 Å². The molecule has 31 heavy (non-hydrogen) atoms. The second kappa shape index (κ2) is 8.62. The smallest absolute Gasteiger partial charge is 0.415 e. The number of carboxylic acids is 1. The van der Waals surface area contributed by atoms with Crippen LogP contribution in [-0.2, 0) is 19.1 Å². The van der Waals surface area contributed by atoms with Crippen molar-refractivity contribution in [1.82, 2.24) is 10.2 Å². The third kappa shape index (κ3) is 5.01. The molecule has 0 spiro atoms. The van der Waals surface area contributed by atoms with Crippen LogP contribution in [0, 0.1) is 0 Å². The topological polar surface area (TPSA) is 116 Å². The Morgan fingerprint density at radius 2 is 1.87 bits per heavy atom. The van der Waals surface area contributed by atoms with Crippen molar-refractivity contribution in [3.05, 3.63) is 42.1 Å². The van der Waals surface area contributed by atoms with Gasteiger partial charge in [0.2, 0.25) is 5.91 Å². The lowest BCUT2D eigenvalue weighted by molar-refractivity contribution is -0.150. The van der Waals surface area contributed by atoms with E-state index in [0.717, 1.165) is 0 Å². The molecule has 9 nitrogen and oxygen atoms in total. The van der Waals surface area contributed by atoms with Crippen LogP contribution in [0.1, 0.15) is 27.7 Å². The van der Waals surface area contributed by atoms with Crippen LogP contribution in [-0.4, -0.2) is 62.7 Å². The van der Waals surface area contributed by atoms with Gasteiger partial charge in [-0.05, 0) is 45.9 Å². The number of ether oxygens (including phenoxy) is 1. The summed E-state index contributed by atoms with van der Waals surface area (Å²) in [5.74, 6) is -2.22. The maximum Gasteiger partial charge on any atom is 0.415 e. The molecule has 1 aromatic rings. The first-order valence-electron chi connectivity index (χ1n) is 9.76. The monoisotopic (exact) mass is 447 g/mol. The molecule has 1 aromatic carbocycles. The summed E-state index contributed by atoms with van der Waals surface area (Å²) in [4.78, 5) is 51.8. The van der Waals surface area contributed by atoms with Crippen LogP contribution in [0.4, 0.5) is 10.5 Å². The predicted molar refractivity (Wildman–Crippen MR) is 115 cm³/mol. The second-order valence-corrected chi connectivity index (χ2v) is 9.74. The third-order valence-corrected chi connectivity index (χ3v) is 5.90. The lowest BCUT2D eigenvalue weighted by Crippen LogP contribution is -2.71. The van der Waals surface area contributed by atoms with Crippen molar-refractivity contribution >= 4 is 41.3 Å². The minimum absolute atomic E-state index is 0.0774. The van der Waals surface area contributed by atoms with Gasteiger partial charge in [-0.15, -0.1) is 11.8 Å². The molecule has 2 aliphatic heterocycles. The number of carbonyl (C=O) groups is 4. The van der Waals surface area contributed by atoms with E-state index < -0.39 is 40.9 Å².